The highest BCUT2D eigenvalue weighted by Gasteiger charge is 2.29. The van der Waals surface area contributed by atoms with Crippen LogP contribution in [0.1, 0.15) is 46.6 Å². The van der Waals surface area contributed by atoms with Crippen LogP contribution in [0.5, 0.6) is 0 Å². The summed E-state index contributed by atoms with van der Waals surface area (Å²) in [6.45, 7) is 5.45. The fourth-order valence-corrected chi connectivity index (χ4v) is 5.17. The quantitative estimate of drug-likeness (QED) is 0.815. The van der Waals surface area contributed by atoms with E-state index in [2.05, 4.69) is 16.0 Å². The number of nitrogens with zero attached hydrogens (tertiary/aromatic N) is 4. The molecule has 2 heterocycles. The number of nitriles is 1. The van der Waals surface area contributed by atoms with Gasteiger partial charge in [-0.3, -0.25) is 9.69 Å². The van der Waals surface area contributed by atoms with Gasteiger partial charge in [-0.25, -0.2) is 4.98 Å². The Bertz CT molecular complexity index is 871. The van der Waals surface area contributed by atoms with E-state index in [9.17, 15) is 4.79 Å². The van der Waals surface area contributed by atoms with Gasteiger partial charge < -0.3 is 4.90 Å². The molecule has 2 aliphatic rings. The highest BCUT2D eigenvalue weighted by molar-refractivity contribution is 7.17. The molecule has 0 bridgehead atoms. The Morgan fingerprint density at radius 2 is 1.96 bits per heavy atom. The van der Waals surface area contributed by atoms with E-state index in [1.54, 1.807) is 6.07 Å². The molecule has 2 aromatic rings. The van der Waals surface area contributed by atoms with Crippen LogP contribution in [-0.2, 0) is 0 Å². The SMILES string of the molecule is Cc1nc(-c2cccc(C#N)c2)sc1C(=O)N1CCN(C2CCCC2)CC1. The molecular weight excluding hydrogens is 356 g/mol. The maximum absolute atomic E-state index is 13.0. The van der Waals surface area contributed by atoms with Gasteiger partial charge in [-0.05, 0) is 31.9 Å². The topological polar surface area (TPSA) is 60.2 Å². The van der Waals surface area contributed by atoms with Gasteiger partial charge in [0, 0.05) is 37.8 Å². The summed E-state index contributed by atoms with van der Waals surface area (Å²) in [5, 5.41) is 9.90. The molecular formula is C21H24N4OS. The predicted molar refractivity (Wildman–Crippen MR) is 107 cm³/mol. The molecule has 1 aliphatic heterocycles. The van der Waals surface area contributed by atoms with E-state index >= 15 is 0 Å². The number of rotatable bonds is 3. The van der Waals surface area contributed by atoms with Crippen LogP contribution in [0.15, 0.2) is 24.3 Å². The molecule has 0 N–H and O–H groups in total. The molecule has 1 aromatic heterocycles. The Labute approximate surface area is 164 Å². The first-order chi connectivity index (χ1) is 13.2. The molecule has 1 saturated carbocycles. The second kappa shape index (κ2) is 7.79. The third-order valence-electron chi connectivity index (χ3n) is 5.67. The predicted octanol–water partition coefficient (Wildman–Crippen LogP) is 3.69. The molecule has 1 amide bonds. The number of hydrogen-bond donors (Lipinski definition) is 0. The van der Waals surface area contributed by atoms with Crippen molar-refractivity contribution in [2.75, 3.05) is 26.2 Å². The van der Waals surface area contributed by atoms with Gasteiger partial charge >= 0.3 is 0 Å². The molecule has 0 radical (unpaired) electrons. The first kappa shape index (κ1) is 18.1. The summed E-state index contributed by atoms with van der Waals surface area (Å²) in [7, 11) is 0. The van der Waals surface area contributed by atoms with Gasteiger partial charge in [0.25, 0.3) is 5.91 Å². The summed E-state index contributed by atoms with van der Waals surface area (Å²) in [4.78, 5) is 22.9. The number of hydrogen-bond acceptors (Lipinski definition) is 5. The normalized spacial score (nSPS) is 18.6. The van der Waals surface area contributed by atoms with Gasteiger partial charge in [0.2, 0.25) is 0 Å². The summed E-state index contributed by atoms with van der Waals surface area (Å²) in [5.41, 5.74) is 2.28. The molecule has 0 spiro atoms. The zero-order valence-corrected chi connectivity index (χ0v) is 16.5. The number of thiazole rings is 1. The van der Waals surface area contributed by atoms with Crippen LogP contribution in [0, 0.1) is 18.3 Å². The number of benzene rings is 1. The monoisotopic (exact) mass is 380 g/mol. The lowest BCUT2D eigenvalue weighted by molar-refractivity contribution is 0.0577. The van der Waals surface area contributed by atoms with Crippen LogP contribution >= 0.6 is 11.3 Å². The number of carbonyl (C=O) groups is 1. The van der Waals surface area contributed by atoms with E-state index in [0.717, 1.165) is 53.4 Å². The Morgan fingerprint density at radius 3 is 2.67 bits per heavy atom. The average molecular weight is 381 g/mol. The summed E-state index contributed by atoms with van der Waals surface area (Å²) < 4.78 is 0. The minimum absolute atomic E-state index is 0.0961. The van der Waals surface area contributed by atoms with Crippen molar-refractivity contribution in [3.63, 3.8) is 0 Å². The number of piperazine rings is 1. The van der Waals surface area contributed by atoms with Crippen molar-refractivity contribution >= 4 is 17.2 Å². The van der Waals surface area contributed by atoms with Gasteiger partial charge in [0.05, 0.1) is 17.3 Å². The van der Waals surface area contributed by atoms with Crippen molar-refractivity contribution in [3.8, 4) is 16.6 Å². The minimum Gasteiger partial charge on any atom is -0.335 e. The Hall–Kier alpha value is -2.23. The van der Waals surface area contributed by atoms with Crippen LogP contribution in [-0.4, -0.2) is 52.9 Å². The molecule has 4 rings (SSSR count). The van der Waals surface area contributed by atoms with Gasteiger partial charge in [0.1, 0.15) is 9.88 Å². The van der Waals surface area contributed by atoms with Crippen LogP contribution in [0.3, 0.4) is 0 Å². The number of carbonyl (C=O) groups excluding carboxylic acids is 1. The van der Waals surface area contributed by atoms with Crippen molar-refractivity contribution in [3.05, 3.63) is 40.4 Å². The highest BCUT2D eigenvalue weighted by Crippen LogP contribution is 2.30. The smallest absolute Gasteiger partial charge is 0.265 e. The largest absolute Gasteiger partial charge is 0.335 e. The summed E-state index contributed by atoms with van der Waals surface area (Å²) in [5.74, 6) is 0.0961. The van der Waals surface area contributed by atoms with Crippen molar-refractivity contribution in [2.24, 2.45) is 0 Å². The third kappa shape index (κ3) is 3.76. The molecule has 140 valence electrons. The van der Waals surface area contributed by atoms with E-state index in [4.69, 9.17) is 5.26 Å². The highest BCUT2D eigenvalue weighted by atomic mass is 32.1. The fraction of sp³-hybridized carbons (Fsp3) is 0.476. The first-order valence-corrected chi connectivity index (χ1v) is 10.5. The minimum atomic E-state index is 0.0961. The van der Waals surface area contributed by atoms with Crippen molar-refractivity contribution < 1.29 is 4.79 Å². The van der Waals surface area contributed by atoms with Crippen molar-refractivity contribution in [1.82, 2.24) is 14.8 Å². The lowest BCUT2D eigenvalue weighted by atomic mass is 10.1. The standard InChI is InChI=1S/C21H24N4OS/c1-15-19(27-20(23-15)17-6-4-5-16(13-17)14-22)21(26)25-11-9-24(10-12-25)18-7-2-3-8-18/h4-6,13,18H,2-3,7-12H2,1H3. The van der Waals surface area contributed by atoms with E-state index in [0.29, 0.717) is 5.56 Å². The molecule has 0 atom stereocenters. The summed E-state index contributed by atoms with van der Waals surface area (Å²) in [6, 6.07) is 10.3. The third-order valence-corrected chi connectivity index (χ3v) is 6.87. The Morgan fingerprint density at radius 1 is 1.22 bits per heavy atom. The maximum atomic E-state index is 13.0. The van der Waals surface area contributed by atoms with Crippen molar-refractivity contribution in [2.45, 2.75) is 38.6 Å². The van der Waals surface area contributed by atoms with Crippen LogP contribution in [0.4, 0.5) is 0 Å². The lowest BCUT2D eigenvalue weighted by Gasteiger charge is -2.37. The molecule has 1 aromatic carbocycles. The van der Waals surface area contributed by atoms with Crippen molar-refractivity contribution in [1.29, 1.82) is 5.26 Å². The molecule has 0 unspecified atom stereocenters. The fourth-order valence-electron chi connectivity index (χ4n) is 4.14. The van der Waals surface area contributed by atoms with Crippen LogP contribution in [0.25, 0.3) is 10.6 Å². The van der Waals surface area contributed by atoms with Gasteiger partial charge in [0.15, 0.2) is 0 Å². The molecule has 2 fully saturated rings. The second-order valence-corrected chi connectivity index (χ2v) is 8.39. The molecule has 5 nitrogen and oxygen atoms in total. The second-order valence-electron chi connectivity index (χ2n) is 7.39. The zero-order chi connectivity index (χ0) is 18.8. The molecule has 1 aliphatic carbocycles. The first-order valence-electron chi connectivity index (χ1n) is 9.67. The van der Waals surface area contributed by atoms with E-state index in [-0.39, 0.29) is 5.91 Å². The van der Waals surface area contributed by atoms with E-state index in [1.165, 1.54) is 37.0 Å². The van der Waals surface area contributed by atoms with E-state index < -0.39 is 0 Å². The average Bonchev–Trinajstić information content (AvgIpc) is 3.38. The molecule has 6 heteroatoms. The summed E-state index contributed by atoms with van der Waals surface area (Å²) >= 11 is 1.43. The zero-order valence-electron chi connectivity index (χ0n) is 15.6. The number of amides is 1. The number of aryl methyl sites for hydroxylation is 1. The van der Waals surface area contributed by atoms with Crippen LogP contribution in [0.2, 0.25) is 0 Å². The van der Waals surface area contributed by atoms with Gasteiger partial charge in [-0.15, -0.1) is 11.3 Å². The summed E-state index contributed by atoms with van der Waals surface area (Å²) in [6.07, 6.45) is 5.32. The Balaban J connectivity index is 1.46. The van der Waals surface area contributed by atoms with Gasteiger partial charge in [-0.1, -0.05) is 25.0 Å². The lowest BCUT2D eigenvalue weighted by Crippen LogP contribution is -2.51. The van der Waals surface area contributed by atoms with Gasteiger partial charge in [-0.2, -0.15) is 5.26 Å². The molecule has 27 heavy (non-hydrogen) atoms. The van der Waals surface area contributed by atoms with E-state index in [1.807, 2.05) is 30.0 Å². The molecule has 1 saturated heterocycles. The Kier molecular flexibility index (Phi) is 5.24. The number of aromatic nitrogens is 1. The van der Waals surface area contributed by atoms with Crippen LogP contribution < -0.4 is 0 Å². The maximum Gasteiger partial charge on any atom is 0.265 e.